The molecule has 1 aromatic carbocycles. The number of Topliss-reactive ketones (excluding diaryl/α,β-unsaturated/α-hetero) is 1. The molecular weight excluding hydrogens is 269 g/mol. The standard InChI is InChI=1S/C14H19Cl2NO/c1-3-14(4-2,9-17)12(18)8-10-6-5-7-11(15)13(10)16/h5-7H,3-4,8-9,17H2,1-2H3. The molecule has 1 rings (SSSR count). The van der Waals surface area contributed by atoms with Crippen molar-refractivity contribution in [3.8, 4) is 0 Å². The number of nitrogens with two attached hydrogens (primary N) is 1. The summed E-state index contributed by atoms with van der Waals surface area (Å²) in [5, 5.41) is 0.943. The lowest BCUT2D eigenvalue weighted by molar-refractivity contribution is -0.128. The summed E-state index contributed by atoms with van der Waals surface area (Å²) in [5.41, 5.74) is 6.10. The molecule has 0 unspecified atom stereocenters. The van der Waals surface area contributed by atoms with Crippen LogP contribution in [0.3, 0.4) is 0 Å². The van der Waals surface area contributed by atoms with Crippen molar-refractivity contribution in [1.82, 2.24) is 0 Å². The van der Waals surface area contributed by atoms with Crippen LogP contribution in [0.15, 0.2) is 18.2 Å². The number of hydrogen-bond acceptors (Lipinski definition) is 2. The molecule has 0 aliphatic heterocycles. The molecule has 4 heteroatoms. The van der Waals surface area contributed by atoms with Crippen LogP contribution >= 0.6 is 23.2 Å². The van der Waals surface area contributed by atoms with Crippen molar-refractivity contribution < 1.29 is 4.79 Å². The number of ketones is 1. The Morgan fingerprint density at radius 2 is 1.89 bits per heavy atom. The molecule has 2 N–H and O–H groups in total. The first-order valence-corrected chi connectivity index (χ1v) is 6.92. The Hall–Kier alpha value is -0.570. The van der Waals surface area contributed by atoms with Gasteiger partial charge in [-0.2, -0.15) is 0 Å². The quantitative estimate of drug-likeness (QED) is 0.863. The predicted octanol–water partition coefficient (Wildman–Crippen LogP) is 3.87. The second-order valence-corrected chi connectivity index (χ2v) is 5.29. The zero-order chi connectivity index (χ0) is 13.8. The van der Waals surface area contributed by atoms with Crippen LogP contribution in [0.4, 0.5) is 0 Å². The molecule has 100 valence electrons. The lowest BCUT2D eigenvalue weighted by Gasteiger charge is -2.28. The maximum absolute atomic E-state index is 12.4. The van der Waals surface area contributed by atoms with Gasteiger partial charge in [0.25, 0.3) is 0 Å². The third-order valence-corrected chi connectivity index (χ3v) is 4.58. The zero-order valence-corrected chi connectivity index (χ0v) is 12.3. The van der Waals surface area contributed by atoms with Crippen molar-refractivity contribution in [2.75, 3.05) is 6.54 Å². The van der Waals surface area contributed by atoms with E-state index in [1.807, 2.05) is 19.9 Å². The lowest BCUT2D eigenvalue weighted by Crippen LogP contribution is -2.38. The van der Waals surface area contributed by atoms with E-state index in [9.17, 15) is 4.79 Å². The number of carbonyl (C=O) groups excluding carboxylic acids is 1. The van der Waals surface area contributed by atoms with Crippen molar-refractivity contribution in [2.24, 2.45) is 11.1 Å². The van der Waals surface area contributed by atoms with Crippen LogP contribution in [0.2, 0.25) is 10.0 Å². The van der Waals surface area contributed by atoms with Gasteiger partial charge in [0, 0.05) is 18.4 Å². The Balaban J connectivity index is 2.97. The lowest BCUT2D eigenvalue weighted by atomic mass is 9.76. The van der Waals surface area contributed by atoms with Crippen LogP contribution in [0.5, 0.6) is 0 Å². The highest BCUT2D eigenvalue weighted by Crippen LogP contribution is 2.31. The van der Waals surface area contributed by atoms with Crippen LogP contribution in [0.1, 0.15) is 32.3 Å². The van der Waals surface area contributed by atoms with Gasteiger partial charge in [0.1, 0.15) is 5.78 Å². The van der Waals surface area contributed by atoms with Crippen molar-refractivity contribution >= 4 is 29.0 Å². The SMILES string of the molecule is CCC(CC)(CN)C(=O)Cc1cccc(Cl)c1Cl. The van der Waals surface area contributed by atoms with E-state index in [1.165, 1.54) is 0 Å². The number of halogens is 2. The molecule has 0 saturated heterocycles. The Morgan fingerprint density at radius 1 is 1.28 bits per heavy atom. The summed E-state index contributed by atoms with van der Waals surface area (Å²) in [6.07, 6.45) is 1.78. The van der Waals surface area contributed by atoms with Crippen molar-refractivity contribution in [3.05, 3.63) is 33.8 Å². The van der Waals surface area contributed by atoms with E-state index in [1.54, 1.807) is 12.1 Å². The van der Waals surface area contributed by atoms with Gasteiger partial charge in [0.15, 0.2) is 0 Å². The predicted molar refractivity (Wildman–Crippen MR) is 77.2 cm³/mol. The molecule has 0 saturated carbocycles. The highest BCUT2D eigenvalue weighted by Gasteiger charge is 2.33. The van der Waals surface area contributed by atoms with Gasteiger partial charge in [0.05, 0.1) is 10.0 Å². The highest BCUT2D eigenvalue weighted by molar-refractivity contribution is 6.42. The van der Waals surface area contributed by atoms with Crippen molar-refractivity contribution in [3.63, 3.8) is 0 Å². The fourth-order valence-electron chi connectivity index (χ4n) is 2.09. The van der Waals surface area contributed by atoms with E-state index < -0.39 is 5.41 Å². The molecule has 18 heavy (non-hydrogen) atoms. The van der Waals surface area contributed by atoms with Crippen molar-refractivity contribution in [1.29, 1.82) is 0 Å². The van der Waals surface area contributed by atoms with E-state index in [0.717, 1.165) is 18.4 Å². The smallest absolute Gasteiger partial charge is 0.144 e. The highest BCUT2D eigenvalue weighted by atomic mass is 35.5. The van der Waals surface area contributed by atoms with E-state index >= 15 is 0 Å². The van der Waals surface area contributed by atoms with Gasteiger partial charge in [-0.25, -0.2) is 0 Å². The van der Waals surface area contributed by atoms with Crippen LogP contribution in [-0.2, 0) is 11.2 Å². The topological polar surface area (TPSA) is 43.1 Å². The Morgan fingerprint density at radius 3 is 2.39 bits per heavy atom. The van der Waals surface area contributed by atoms with Gasteiger partial charge in [-0.1, -0.05) is 49.2 Å². The van der Waals surface area contributed by atoms with Crippen LogP contribution in [0.25, 0.3) is 0 Å². The van der Waals surface area contributed by atoms with Gasteiger partial charge in [-0.15, -0.1) is 0 Å². The van der Waals surface area contributed by atoms with Gasteiger partial charge in [-0.3, -0.25) is 4.79 Å². The van der Waals surface area contributed by atoms with E-state index in [2.05, 4.69) is 0 Å². The van der Waals surface area contributed by atoms with E-state index in [-0.39, 0.29) is 12.2 Å². The Labute approximate surface area is 118 Å². The molecule has 1 aromatic rings. The fraction of sp³-hybridized carbons (Fsp3) is 0.500. The minimum atomic E-state index is -0.439. The summed E-state index contributed by atoms with van der Waals surface area (Å²) >= 11 is 12.0. The second kappa shape index (κ2) is 6.55. The third-order valence-electron chi connectivity index (χ3n) is 3.72. The fourth-order valence-corrected chi connectivity index (χ4v) is 2.48. The molecule has 0 aliphatic rings. The molecule has 0 aliphatic carbocycles. The van der Waals surface area contributed by atoms with Crippen LogP contribution in [-0.4, -0.2) is 12.3 Å². The van der Waals surface area contributed by atoms with Gasteiger partial charge in [-0.05, 0) is 24.5 Å². The zero-order valence-electron chi connectivity index (χ0n) is 10.8. The molecule has 0 heterocycles. The number of rotatable bonds is 6. The average Bonchev–Trinajstić information content (AvgIpc) is 2.38. The Bertz CT molecular complexity index is 420. The second-order valence-electron chi connectivity index (χ2n) is 4.50. The molecule has 0 radical (unpaired) electrons. The molecule has 0 fully saturated rings. The number of benzene rings is 1. The first-order valence-electron chi connectivity index (χ1n) is 6.17. The van der Waals surface area contributed by atoms with E-state index in [0.29, 0.717) is 16.6 Å². The third kappa shape index (κ3) is 3.05. The maximum atomic E-state index is 12.4. The molecule has 0 aromatic heterocycles. The molecule has 0 atom stereocenters. The minimum Gasteiger partial charge on any atom is -0.329 e. The summed E-state index contributed by atoms with van der Waals surface area (Å²) in [5.74, 6) is 0.138. The summed E-state index contributed by atoms with van der Waals surface area (Å²) < 4.78 is 0. The first kappa shape index (κ1) is 15.5. The first-order chi connectivity index (χ1) is 8.50. The molecule has 2 nitrogen and oxygen atoms in total. The van der Waals surface area contributed by atoms with Crippen LogP contribution in [0, 0.1) is 5.41 Å². The minimum absolute atomic E-state index is 0.138. The summed E-state index contributed by atoms with van der Waals surface area (Å²) in [4.78, 5) is 12.4. The van der Waals surface area contributed by atoms with Gasteiger partial charge < -0.3 is 5.73 Å². The summed E-state index contributed by atoms with van der Waals surface area (Å²) in [6, 6.07) is 5.35. The Kier molecular flexibility index (Phi) is 5.64. The molecule has 0 bridgehead atoms. The molecule has 0 amide bonds. The molecule has 0 spiro atoms. The summed E-state index contributed by atoms with van der Waals surface area (Å²) in [6.45, 7) is 4.36. The van der Waals surface area contributed by atoms with Crippen LogP contribution < -0.4 is 5.73 Å². The number of carbonyl (C=O) groups is 1. The van der Waals surface area contributed by atoms with Gasteiger partial charge in [0.2, 0.25) is 0 Å². The van der Waals surface area contributed by atoms with E-state index in [4.69, 9.17) is 28.9 Å². The maximum Gasteiger partial charge on any atom is 0.144 e. The summed E-state index contributed by atoms with van der Waals surface area (Å²) in [7, 11) is 0. The van der Waals surface area contributed by atoms with Gasteiger partial charge >= 0.3 is 0 Å². The normalized spacial score (nSPS) is 11.6. The largest absolute Gasteiger partial charge is 0.329 e. The molecular formula is C14H19Cl2NO. The average molecular weight is 288 g/mol. The number of hydrogen-bond donors (Lipinski definition) is 1. The van der Waals surface area contributed by atoms with Crippen molar-refractivity contribution in [2.45, 2.75) is 33.1 Å². The monoisotopic (exact) mass is 287 g/mol.